The van der Waals surface area contributed by atoms with Crippen LogP contribution in [-0.4, -0.2) is 13.4 Å². The molecule has 0 heterocycles. The monoisotopic (exact) mass is 309 g/mol. The number of rotatable bonds is 5. The van der Waals surface area contributed by atoms with Gasteiger partial charge in [0.05, 0.1) is 17.8 Å². The molecule has 2 aromatic rings. The number of hydrogen-bond acceptors (Lipinski definition) is 3. The van der Waals surface area contributed by atoms with Crippen molar-refractivity contribution in [1.29, 1.82) is 0 Å². The van der Waals surface area contributed by atoms with Gasteiger partial charge in [-0.15, -0.1) is 0 Å². The normalized spacial score (nSPS) is 10.2. The molecule has 0 radical (unpaired) electrons. The number of nitrogens with one attached hydrogen (secondary N) is 1. The largest absolute Gasteiger partial charge is 0.496 e. The number of hydrogen-bond donors (Lipinski definition) is 1. The molecule has 3 nitrogen and oxygen atoms in total. The van der Waals surface area contributed by atoms with Gasteiger partial charge >= 0.3 is 0 Å². The van der Waals surface area contributed by atoms with Gasteiger partial charge in [0.1, 0.15) is 12.0 Å². The standard InChI is InChI=1S/C15H13Cl2NO2/c1-20-15-5-3-12(16)7-11(15)8-18-14-4-2-10(9-19)6-13(14)17/h2-7,9,18H,8H2,1H3. The summed E-state index contributed by atoms with van der Waals surface area (Å²) in [6.07, 6.45) is 0.760. The predicted molar refractivity (Wildman–Crippen MR) is 82.2 cm³/mol. The average Bonchev–Trinajstić information content (AvgIpc) is 2.46. The summed E-state index contributed by atoms with van der Waals surface area (Å²) in [6.45, 7) is 0.518. The second kappa shape index (κ2) is 6.64. The lowest BCUT2D eigenvalue weighted by Crippen LogP contribution is -2.02. The van der Waals surface area contributed by atoms with Crippen molar-refractivity contribution in [2.75, 3.05) is 12.4 Å². The van der Waals surface area contributed by atoms with Crippen LogP contribution in [0.4, 0.5) is 5.69 Å². The minimum Gasteiger partial charge on any atom is -0.496 e. The maximum atomic E-state index is 10.7. The Bertz CT molecular complexity index is 629. The molecule has 0 saturated carbocycles. The Morgan fingerprint density at radius 2 is 2.00 bits per heavy atom. The van der Waals surface area contributed by atoms with Gasteiger partial charge in [-0.25, -0.2) is 0 Å². The van der Waals surface area contributed by atoms with E-state index in [9.17, 15) is 4.79 Å². The van der Waals surface area contributed by atoms with Gasteiger partial charge in [0.2, 0.25) is 0 Å². The molecule has 0 aromatic heterocycles. The van der Waals surface area contributed by atoms with Gasteiger partial charge in [0, 0.05) is 22.7 Å². The average molecular weight is 310 g/mol. The highest BCUT2D eigenvalue weighted by atomic mass is 35.5. The maximum Gasteiger partial charge on any atom is 0.150 e. The van der Waals surface area contributed by atoms with Crippen molar-refractivity contribution in [3.05, 3.63) is 57.6 Å². The lowest BCUT2D eigenvalue weighted by Gasteiger charge is -2.12. The van der Waals surface area contributed by atoms with E-state index in [-0.39, 0.29) is 0 Å². The molecule has 0 aliphatic rings. The van der Waals surface area contributed by atoms with Gasteiger partial charge in [-0.1, -0.05) is 23.2 Å². The molecule has 2 aromatic carbocycles. The molecule has 104 valence electrons. The lowest BCUT2D eigenvalue weighted by atomic mass is 10.2. The molecule has 5 heteroatoms. The molecule has 0 spiro atoms. The second-order valence-electron chi connectivity index (χ2n) is 4.17. The fourth-order valence-electron chi connectivity index (χ4n) is 1.82. The van der Waals surface area contributed by atoms with Crippen LogP contribution in [0.25, 0.3) is 0 Å². The van der Waals surface area contributed by atoms with E-state index in [1.54, 1.807) is 31.4 Å². The van der Waals surface area contributed by atoms with E-state index in [1.807, 2.05) is 12.1 Å². The third-order valence-electron chi connectivity index (χ3n) is 2.84. The van der Waals surface area contributed by atoms with Crippen molar-refractivity contribution in [2.45, 2.75) is 6.54 Å². The number of carbonyl (C=O) groups is 1. The van der Waals surface area contributed by atoms with Crippen LogP contribution in [0.2, 0.25) is 10.0 Å². The van der Waals surface area contributed by atoms with Crippen LogP contribution in [0.1, 0.15) is 15.9 Å². The first-order valence-corrected chi connectivity index (χ1v) is 6.70. The summed E-state index contributed by atoms with van der Waals surface area (Å²) in [7, 11) is 1.61. The Balaban J connectivity index is 2.16. The number of anilines is 1. The number of halogens is 2. The summed E-state index contributed by atoms with van der Waals surface area (Å²) in [5.41, 5.74) is 2.22. The number of benzene rings is 2. The quantitative estimate of drug-likeness (QED) is 0.830. The molecule has 2 rings (SSSR count). The summed E-state index contributed by atoms with van der Waals surface area (Å²) >= 11 is 12.1. The molecule has 0 aliphatic carbocycles. The van der Waals surface area contributed by atoms with Crippen LogP contribution < -0.4 is 10.1 Å². The highest BCUT2D eigenvalue weighted by Gasteiger charge is 2.06. The molecule has 0 aliphatic heterocycles. The van der Waals surface area contributed by atoms with Gasteiger partial charge in [-0.2, -0.15) is 0 Å². The van der Waals surface area contributed by atoms with E-state index in [1.165, 1.54) is 0 Å². The van der Waals surface area contributed by atoms with Crippen molar-refractivity contribution in [2.24, 2.45) is 0 Å². The van der Waals surface area contributed by atoms with Gasteiger partial charge in [-0.05, 0) is 36.4 Å². The minimum atomic E-state index is 0.496. The first-order chi connectivity index (χ1) is 9.63. The zero-order valence-electron chi connectivity index (χ0n) is 10.8. The second-order valence-corrected chi connectivity index (χ2v) is 5.01. The van der Waals surface area contributed by atoms with Crippen molar-refractivity contribution < 1.29 is 9.53 Å². The van der Waals surface area contributed by atoms with Crippen molar-refractivity contribution >= 4 is 35.2 Å². The molecule has 0 atom stereocenters. The van der Waals surface area contributed by atoms with E-state index in [2.05, 4.69) is 5.32 Å². The maximum absolute atomic E-state index is 10.7. The van der Waals surface area contributed by atoms with Crippen LogP contribution in [0.5, 0.6) is 5.75 Å². The minimum absolute atomic E-state index is 0.496. The van der Waals surface area contributed by atoms with E-state index in [4.69, 9.17) is 27.9 Å². The molecule has 0 unspecified atom stereocenters. The number of methoxy groups -OCH3 is 1. The Labute approximate surface area is 127 Å². The van der Waals surface area contributed by atoms with Crippen LogP contribution in [0, 0.1) is 0 Å². The summed E-state index contributed by atoms with van der Waals surface area (Å²) in [5.74, 6) is 0.752. The summed E-state index contributed by atoms with van der Waals surface area (Å²) in [4.78, 5) is 10.7. The Morgan fingerprint density at radius 1 is 1.20 bits per heavy atom. The third kappa shape index (κ3) is 3.44. The van der Waals surface area contributed by atoms with Crippen molar-refractivity contribution in [3.63, 3.8) is 0 Å². The molecular formula is C15H13Cl2NO2. The van der Waals surface area contributed by atoms with E-state index in [0.29, 0.717) is 22.2 Å². The summed E-state index contributed by atoms with van der Waals surface area (Å²) in [6, 6.07) is 10.5. The predicted octanol–water partition coefficient (Wildman–Crippen LogP) is 4.43. The molecule has 1 N–H and O–H groups in total. The van der Waals surface area contributed by atoms with Gasteiger partial charge in [0.15, 0.2) is 0 Å². The molecular weight excluding hydrogens is 297 g/mol. The number of ether oxygens (including phenoxy) is 1. The fraction of sp³-hybridized carbons (Fsp3) is 0.133. The van der Waals surface area contributed by atoms with Crippen LogP contribution in [0.3, 0.4) is 0 Å². The SMILES string of the molecule is COc1ccc(Cl)cc1CNc1ccc(C=O)cc1Cl. The van der Waals surface area contributed by atoms with Gasteiger partial charge in [-0.3, -0.25) is 4.79 Å². The molecule has 0 bridgehead atoms. The third-order valence-corrected chi connectivity index (χ3v) is 3.39. The highest BCUT2D eigenvalue weighted by molar-refractivity contribution is 6.33. The zero-order chi connectivity index (χ0) is 14.5. The van der Waals surface area contributed by atoms with Crippen LogP contribution >= 0.6 is 23.2 Å². The van der Waals surface area contributed by atoms with E-state index in [0.717, 1.165) is 23.3 Å². The topological polar surface area (TPSA) is 38.3 Å². The Kier molecular flexibility index (Phi) is 4.88. The first kappa shape index (κ1) is 14.7. The molecule has 0 amide bonds. The lowest BCUT2D eigenvalue weighted by molar-refractivity contribution is 0.112. The van der Waals surface area contributed by atoms with E-state index >= 15 is 0 Å². The van der Waals surface area contributed by atoms with Crippen molar-refractivity contribution in [1.82, 2.24) is 0 Å². The zero-order valence-corrected chi connectivity index (χ0v) is 12.3. The van der Waals surface area contributed by atoms with Gasteiger partial charge in [0.25, 0.3) is 0 Å². The van der Waals surface area contributed by atoms with Crippen LogP contribution in [0.15, 0.2) is 36.4 Å². The molecule has 0 fully saturated rings. The summed E-state index contributed by atoms with van der Waals surface area (Å²) in [5, 5.41) is 4.34. The number of aldehydes is 1. The van der Waals surface area contributed by atoms with Crippen LogP contribution in [-0.2, 0) is 6.54 Å². The highest BCUT2D eigenvalue weighted by Crippen LogP contribution is 2.26. The Hall–Kier alpha value is -1.71. The Morgan fingerprint density at radius 3 is 2.65 bits per heavy atom. The van der Waals surface area contributed by atoms with E-state index < -0.39 is 0 Å². The smallest absolute Gasteiger partial charge is 0.150 e. The number of carbonyl (C=O) groups excluding carboxylic acids is 1. The van der Waals surface area contributed by atoms with Gasteiger partial charge < -0.3 is 10.1 Å². The molecule has 20 heavy (non-hydrogen) atoms. The molecule has 0 saturated heterocycles. The summed E-state index contributed by atoms with van der Waals surface area (Å²) < 4.78 is 5.28. The van der Waals surface area contributed by atoms with Crippen molar-refractivity contribution in [3.8, 4) is 5.75 Å². The first-order valence-electron chi connectivity index (χ1n) is 5.95. The fourth-order valence-corrected chi connectivity index (χ4v) is 2.27.